The van der Waals surface area contributed by atoms with Gasteiger partial charge in [0.1, 0.15) is 12.2 Å². The molecule has 1 aromatic rings. The molecule has 0 fully saturated rings. The van der Waals surface area contributed by atoms with E-state index in [0.29, 0.717) is 5.57 Å². The molecule has 4 N–H and O–H groups in total. The van der Waals surface area contributed by atoms with Crippen LogP contribution in [0.25, 0.3) is 0 Å². The number of fused-ring (bicyclic) bond motifs is 2. The molecule has 3 amide bonds. The molecule has 3 rings (SSSR count). The van der Waals surface area contributed by atoms with Crippen LogP contribution in [0.15, 0.2) is 88.8 Å². The smallest absolute Gasteiger partial charge is 0.405 e. The van der Waals surface area contributed by atoms with E-state index in [4.69, 9.17) is 19.9 Å². The van der Waals surface area contributed by atoms with E-state index in [-0.39, 0.29) is 46.7 Å². The number of methoxy groups -OCH3 is 2. The zero-order chi connectivity index (χ0) is 34.8. The first-order valence-electron chi connectivity index (χ1n) is 15.1. The molecule has 250 valence electrons. The molecule has 1 aromatic carbocycles. The van der Waals surface area contributed by atoms with Crippen LogP contribution in [0.1, 0.15) is 50.9 Å². The van der Waals surface area contributed by atoms with Crippen molar-refractivity contribution in [3.8, 4) is 0 Å². The summed E-state index contributed by atoms with van der Waals surface area (Å²) in [5, 5.41) is 5.10. The van der Waals surface area contributed by atoms with Gasteiger partial charge in [0.05, 0.1) is 11.4 Å². The quantitative estimate of drug-likeness (QED) is 0.319. The van der Waals surface area contributed by atoms with Gasteiger partial charge in [-0.15, -0.1) is 0 Å². The predicted octanol–water partition coefficient (Wildman–Crippen LogP) is 3.40. The molecule has 0 saturated heterocycles. The van der Waals surface area contributed by atoms with Crippen LogP contribution in [-0.2, 0) is 33.4 Å². The van der Waals surface area contributed by atoms with Crippen molar-refractivity contribution in [1.29, 1.82) is 0 Å². The third-order valence-corrected chi connectivity index (χ3v) is 7.87. The zero-order valence-corrected chi connectivity index (χ0v) is 27.3. The van der Waals surface area contributed by atoms with Crippen LogP contribution in [-0.4, -0.2) is 67.8 Å². The molecule has 2 aliphatic rings. The number of carbonyl (C=O) groups is 6. The fraction of sp³-hybridized carbons (Fsp3) is 0.371. The SMILES string of the molecule is CO[C@H]1C[C@H](C)CC2=C(NC(=O)c3ccccc3)C(=O)C=C(NC(=O)/C(C)=C/C=C\[C@H](OC)[C@@H](OC(N)=O)/C(C)=C/[C@H](C)C1=O)C2=O. The summed E-state index contributed by atoms with van der Waals surface area (Å²) in [4.78, 5) is 78.6. The first kappa shape index (κ1) is 36.5. The van der Waals surface area contributed by atoms with Crippen molar-refractivity contribution < 1.29 is 43.0 Å². The Labute approximate surface area is 273 Å². The summed E-state index contributed by atoms with van der Waals surface area (Å²) in [6.07, 6.45) is 3.48. The summed E-state index contributed by atoms with van der Waals surface area (Å²) in [5.74, 6) is -3.92. The highest BCUT2D eigenvalue weighted by molar-refractivity contribution is 6.24. The molecule has 12 nitrogen and oxygen atoms in total. The van der Waals surface area contributed by atoms with Crippen LogP contribution in [0.2, 0.25) is 0 Å². The van der Waals surface area contributed by atoms with Crippen LogP contribution in [0.5, 0.6) is 0 Å². The number of ether oxygens (including phenoxy) is 3. The highest BCUT2D eigenvalue weighted by atomic mass is 16.6. The monoisotopic (exact) mass is 647 g/mol. The van der Waals surface area contributed by atoms with Gasteiger partial charge in [-0.25, -0.2) is 4.79 Å². The van der Waals surface area contributed by atoms with E-state index in [2.05, 4.69) is 10.6 Å². The summed E-state index contributed by atoms with van der Waals surface area (Å²) < 4.78 is 16.4. The average Bonchev–Trinajstić information content (AvgIpc) is 3.04. The number of allylic oxidation sites excluding steroid dienone is 5. The van der Waals surface area contributed by atoms with E-state index in [9.17, 15) is 28.8 Å². The van der Waals surface area contributed by atoms with E-state index in [1.165, 1.54) is 33.3 Å². The number of benzene rings is 1. The van der Waals surface area contributed by atoms with Gasteiger partial charge in [0.25, 0.3) is 11.8 Å². The lowest BCUT2D eigenvalue weighted by molar-refractivity contribution is -0.132. The number of carbonyl (C=O) groups excluding carboxylic acids is 6. The number of rotatable bonds is 5. The number of hydrogen-bond acceptors (Lipinski definition) is 9. The molecule has 12 heteroatoms. The Balaban J connectivity index is 2.10. The molecule has 1 aliphatic heterocycles. The maximum absolute atomic E-state index is 13.8. The van der Waals surface area contributed by atoms with Crippen LogP contribution >= 0.6 is 0 Å². The second-order valence-corrected chi connectivity index (χ2v) is 11.5. The topological polar surface area (TPSA) is 180 Å². The largest absolute Gasteiger partial charge is 0.439 e. The molecule has 0 radical (unpaired) electrons. The normalized spacial score (nSPS) is 27.9. The van der Waals surface area contributed by atoms with E-state index < -0.39 is 59.6 Å². The Kier molecular flexibility index (Phi) is 12.9. The molecule has 5 atom stereocenters. The van der Waals surface area contributed by atoms with Gasteiger partial charge in [-0.3, -0.25) is 24.0 Å². The maximum atomic E-state index is 13.8. The summed E-state index contributed by atoms with van der Waals surface area (Å²) >= 11 is 0. The number of amides is 3. The van der Waals surface area contributed by atoms with Gasteiger partial charge in [-0.2, -0.15) is 0 Å². The Morgan fingerprint density at radius 3 is 2.30 bits per heavy atom. The molecule has 1 heterocycles. The second kappa shape index (κ2) is 16.6. The van der Waals surface area contributed by atoms with E-state index in [0.717, 1.165) is 6.08 Å². The summed E-state index contributed by atoms with van der Waals surface area (Å²) in [7, 11) is 2.79. The number of ketones is 3. The number of hydrogen-bond donors (Lipinski definition) is 3. The minimum absolute atomic E-state index is 0.00973. The third-order valence-electron chi connectivity index (χ3n) is 7.87. The predicted molar refractivity (Wildman–Crippen MR) is 172 cm³/mol. The minimum atomic E-state index is -1.04. The summed E-state index contributed by atoms with van der Waals surface area (Å²) in [5.41, 5.74) is 5.82. The van der Waals surface area contributed by atoms with Crippen molar-refractivity contribution in [3.05, 3.63) is 94.4 Å². The molecule has 2 bridgehead atoms. The van der Waals surface area contributed by atoms with Gasteiger partial charge in [0.15, 0.2) is 11.9 Å². The van der Waals surface area contributed by atoms with Crippen molar-refractivity contribution in [1.82, 2.24) is 10.6 Å². The van der Waals surface area contributed by atoms with Crippen molar-refractivity contribution in [2.24, 2.45) is 17.6 Å². The van der Waals surface area contributed by atoms with Crippen LogP contribution in [0.3, 0.4) is 0 Å². The molecule has 0 saturated carbocycles. The molecule has 1 aliphatic carbocycles. The lowest BCUT2D eigenvalue weighted by Crippen LogP contribution is -2.38. The van der Waals surface area contributed by atoms with Gasteiger partial charge in [0, 0.05) is 42.9 Å². The third kappa shape index (κ3) is 9.53. The average molecular weight is 648 g/mol. The Morgan fingerprint density at radius 1 is 1.00 bits per heavy atom. The van der Waals surface area contributed by atoms with E-state index in [1.54, 1.807) is 63.3 Å². The van der Waals surface area contributed by atoms with Crippen LogP contribution in [0.4, 0.5) is 4.79 Å². The fourth-order valence-electron chi connectivity index (χ4n) is 5.34. The van der Waals surface area contributed by atoms with Gasteiger partial charge < -0.3 is 30.6 Å². The lowest BCUT2D eigenvalue weighted by atomic mass is 9.85. The van der Waals surface area contributed by atoms with Crippen LogP contribution in [0, 0.1) is 11.8 Å². The van der Waals surface area contributed by atoms with Gasteiger partial charge >= 0.3 is 6.09 Å². The molecule has 47 heavy (non-hydrogen) atoms. The highest BCUT2D eigenvalue weighted by Crippen LogP contribution is 2.28. The lowest BCUT2D eigenvalue weighted by Gasteiger charge is -2.26. The summed E-state index contributed by atoms with van der Waals surface area (Å²) in [6, 6.07) is 8.21. The Bertz CT molecular complexity index is 1570. The number of Topliss-reactive ketones (excluding diaryl/α,β-unsaturated/α-hetero) is 2. The van der Waals surface area contributed by atoms with Gasteiger partial charge in [0.2, 0.25) is 11.6 Å². The first-order valence-corrected chi connectivity index (χ1v) is 15.1. The van der Waals surface area contributed by atoms with Crippen molar-refractivity contribution >= 4 is 35.3 Å². The summed E-state index contributed by atoms with van der Waals surface area (Å²) in [6.45, 7) is 6.63. The molecular weight excluding hydrogens is 606 g/mol. The van der Waals surface area contributed by atoms with Gasteiger partial charge in [-0.1, -0.05) is 56.4 Å². The zero-order valence-electron chi connectivity index (χ0n) is 27.3. The molecule has 0 aromatic heterocycles. The van der Waals surface area contributed by atoms with Crippen molar-refractivity contribution in [2.45, 2.75) is 58.8 Å². The minimum Gasteiger partial charge on any atom is -0.439 e. The number of primary amides is 1. The van der Waals surface area contributed by atoms with Crippen molar-refractivity contribution in [3.63, 3.8) is 0 Å². The molecular formula is C35H41N3O9. The van der Waals surface area contributed by atoms with Crippen LogP contribution < -0.4 is 16.4 Å². The number of nitrogens with one attached hydrogen (secondary N) is 2. The Hall–Kier alpha value is -4.94. The Morgan fingerprint density at radius 2 is 1.68 bits per heavy atom. The van der Waals surface area contributed by atoms with E-state index >= 15 is 0 Å². The molecule has 0 spiro atoms. The van der Waals surface area contributed by atoms with E-state index in [1.807, 2.05) is 0 Å². The number of nitrogens with two attached hydrogens (primary N) is 1. The standard InChI is InChI=1S/C35H41N3O9/c1-19-15-24-29(38-34(43)23-12-8-7-9-13-23)26(39)18-25(31(24)41)37-33(42)20(2)11-10-14-27(45-5)32(47-35(36)44)22(4)17-21(3)30(40)28(16-19)46-6/h7-14,17-19,21,27-28,32H,15-16H2,1-6H3,(H2,36,44)(H,37,42)(H,38,43)/b14-10-,20-11+,22-17+/t19-,21+,27+,28+,32+/m1/s1. The maximum Gasteiger partial charge on any atom is 0.405 e. The fourth-order valence-corrected chi connectivity index (χ4v) is 5.34. The van der Waals surface area contributed by atoms with Crippen molar-refractivity contribution in [2.75, 3.05) is 14.2 Å². The highest BCUT2D eigenvalue weighted by Gasteiger charge is 2.34. The second-order valence-electron chi connectivity index (χ2n) is 11.5. The first-order chi connectivity index (χ1) is 22.3. The molecule has 0 unspecified atom stereocenters. The van der Waals surface area contributed by atoms with Gasteiger partial charge in [-0.05, 0) is 50.3 Å².